The Kier molecular flexibility index (Phi) is 4.03. The quantitative estimate of drug-likeness (QED) is 0.565. The van der Waals surface area contributed by atoms with Gasteiger partial charge in [0.2, 0.25) is 5.91 Å². The maximum absolute atomic E-state index is 12.6. The normalized spacial score (nSPS) is 10.9. The lowest BCUT2D eigenvalue weighted by atomic mass is 10.2. The molecule has 0 fully saturated rings. The number of carbonyl (C=O) groups excluding carboxylic acids is 1. The zero-order chi connectivity index (χ0) is 17.2. The smallest absolute Gasteiger partial charge is 0.233 e. The molecule has 4 rings (SSSR count). The number of benzene rings is 2. The molecule has 0 radical (unpaired) electrons. The Morgan fingerprint density at radius 1 is 1.12 bits per heavy atom. The molecule has 0 saturated carbocycles. The molecule has 5 nitrogen and oxygen atoms in total. The Bertz CT molecular complexity index is 989. The van der Waals surface area contributed by atoms with Gasteiger partial charge in [-0.15, -0.1) is 0 Å². The van der Waals surface area contributed by atoms with Gasteiger partial charge in [0.25, 0.3) is 0 Å². The maximum atomic E-state index is 12.6. The van der Waals surface area contributed by atoms with Crippen molar-refractivity contribution >= 4 is 32.6 Å². The molecule has 124 valence electrons. The number of fused-ring (bicyclic) bond motifs is 1. The standard InChI is InChI=1S/C19H16N4OS/c1-22(19-21-16-9-5-6-10-17(16)25-19)18(24)11-14-12-20-23(13-14)15-7-3-2-4-8-15/h2-10,12-13H,11H2,1H3. The number of aromatic nitrogens is 3. The van der Waals surface area contributed by atoms with Crippen LogP contribution in [-0.2, 0) is 11.2 Å². The molecule has 0 atom stereocenters. The number of thiazole rings is 1. The first-order chi connectivity index (χ1) is 12.2. The molecule has 2 heterocycles. The summed E-state index contributed by atoms with van der Waals surface area (Å²) >= 11 is 1.52. The van der Waals surface area contributed by atoms with Gasteiger partial charge in [-0.05, 0) is 29.8 Å². The van der Waals surface area contributed by atoms with E-state index in [9.17, 15) is 4.79 Å². The Hall–Kier alpha value is -2.99. The van der Waals surface area contributed by atoms with Crippen LogP contribution in [0.25, 0.3) is 15.9 Å². The van der Waals surface area contributed by atoms with Crippen molar-refractivity contribution in [2.75, 3.05) is 11.9 Å². The van der Waals surface area contributed by atoms with Crippen LogP contribution >= 0.6 is 11.3 Å². The molecular weight excluding hydrogens is 332 g/mol. The van der Waals surface area contributed by atoms with E-state index in [2.05, 4.69) is 10.1 Å². The lowest BCUT2D eigenvalue weighted by molar-refractivity contribution is -0.117. The number of rotatable bonds is 4. The van der Waals surface area contributed by atoms with Gasteiger partial charge in [0.1, 0.15) is 0 Å². The van der Waals surface area contributed by atoms with E-state index in [4.69, 9.17) is 0 Å². The first kappa shape index (κ1) is 15.5. The second-order valence-corrected chi connectivity index (χ2v) is 6.73. The fourth-order valence-electron chi connectivity index (χ4n) is 2.58. The van der Waals surface area contributed by atoms with Crippen LogP contribution in [0.5, 0.6) is 0 Å². The highest BCUT2D eigenvalue weighted by atomic mass is 32.1. The van der Waals surface area contributed by atoms with Crippen molar-refractivity contribution in [1.82, 2.24) is 14.8 Å². The summed E-state index contributed by atoms with van der Waals surface area (Å²) in [5, 5.41) is 5.05. The lowest BCUT2D eigenvalue weighted by Crippen LogP contribution is -2.27. The minimum absolute atomic E-state index is 0.00771. The summed E-state index contributed by atoms with van der Waals surface area (Å²) < 4.78 is 2.86. The van der Waals surface area contributed by atoms with Crippen molar-refractivity contribution in [1.29, 1.82) is 0 Å². The molecule has 6 heteroatoms. The number of hydrogen-bond donors (Lipinski definition) is 0. The number of para-hydroxylation sites is 2. The molecule has 1 amide bonds. The molecule has 0 bridgehead atoms. The van der Waals surface area contributed by atoms with Gasteiger partial charge in [-0.2, -0.15) is 5.10 Å². The molecule has 2 aromatic carbocycles. The minimum atomic E-state index is -0.00771. The summed E-state index contributed by atoms with van der Waals surface area (Å²) in [5.74, 6) is -0.00771. The highest BCUT2D eigenvalue weighted by Gasteiger charge is 2.16. The third kappa shape index (κ3) is 3.16. The summed E-state index contributed by atoms with van der Waals surface area (Å²) in [7, 11) is 1.77. The van der Waals surface area contributed by atoms with Gasteiger partial charge in [-0.1, -0.05) is 41.7 Å². The Morgan fingerprint density at radius 3 is 2.68 bits per heavy atom. The number of hydrogen-bond acceptors (Lipinski definition) is 4. The molecule has 0 unspecified atom stereocenters. The lowest BCUT2D eigenvalue weighted by Gasteiger charge is -2.12. The highest BCUT2D eigenvalue weighted by molar-refractivity contribution is 7.22. The second kappa shape index (κ2) is 6.49. The van der Waals surface area contributed by atoms with Crippen LogP contribution in [0.15, 0.2) is 67.0 Å². The van der Waals surface area contributed by atoms with E-state index in [-0.39, 0.29) is 5.91 Å². The average Bonchev–Trinajstić information content (AvgIpc) is 3.28. The van der Waals surface area contributed by atoms with Gasteiger partial charge in [-0.25, -0.2) is 9.67 Å². The van der Waals surface area contributed by atoms with E-state index >= 15 is 0 Å². The van der Waals surface area contributed by atoms with E-state index in [1.807, 2.05) is 60.8 Å². The third-order valence-corrected chi connectivity index (χ3v) is 5.07. The van der Waals surface area contributed by atoms with E-state index in [1.54, 1.807) is 22.8 Å². The van der Waals surface area contributed by atoms with Gasteiger partial charge in [0.05, 0.1) is 28.5 Å². The van der Waals surface area contributed by atoms with Crippen molar-refractivity contribution in [2.24, 2.45) is 0 Å². The van der Waals surface area contributed by atoms with Crippen LogP contribution < -0.4 is 4.90 Å². The number of amides is 1. The van der Waals surface area contributed by atoms with Gasteiger partial charge in [-0.3, -0.25) is 9.69 Å². The fraction of sp³-hybridized carbons (Fsp3) is 0.105. The summed E-state index contributed by atoms with van der Waals surface area (Å²) in [6, 6.07) is 17.7. The van der Waals surface area contributed by atoms with Crippen LogP contribution in [0, 0.1) is 0 Å². The summed E-state index contributed by atoms with van der Waals surface area (Å²) in [4.78, 5) is 18.7. The maximum Gasteiger partial charge on any atom is 0.233 e. The molecule has 0 aliphatic heterocycles. The van der Waals surface area contributed by atoms with Crippen LogP contribution in [0.3, 0.4) is 0 Å². The molecular formula is C19H16N4OS. The van der Waals surface area contributed by atoms with Crippen LogP contribution in [0.4, 0.5) is 5.13 Å². The van der Waals surface area contributed by atoms with Crippen molar-refractivity contribution in [2.45, 2.75) is 6.42 Å². The van der Waals surface area contributed by atoms with E-state index in [0.717, 1.165) is 21.5 Å². The minimum Gasteiger partial charge on any atom is -0.291 e. The molecule has 0 N–H and O–H groups in total. The first-order valence-corrected chi connectivity index (χ1v) is 8.73. The van der Waals surface area contributed by atoms with Crippen molar-refractivity contribution in [3.05, 3.63) is 72.6 Å². The number of likely N-dealkylation sites (N-methyl/N-ethyl adjacent to an activating group) is 1. The zero-order valence-electron chi connectivity index (χ0n) is 13.7. The topological polar surface area (TPSA) is 51.0 Å². The van der Waals surface area contributed by atoms with Gasteiger partial charge in [0, 0.05) is 13.2 Å². The molecule has 4 aromatic rings. The predicted molar refractivity (Wildman–Crippen MR) is 100 cm³/mol. The SMILES string of the molecule is CN(C(=O)Cc1cnn(-c2ccccc2)c1)c1nc2ccccc2s1. The average molecular weight is 348 g/mol. The van der Waals surface area contributed by atoms with E-state index < -0.39 is 0 Å². The highest BCUT2D eigenvalue weighted by Crippen LogP contribution is 2.28. The summed E-state index contributed by atoms with van der Waals surface area (Å²) in [6.45, 7) is 0. The Balaban J connectivity index is 1.51. The Morgan fingerprint density at radius 2 is 1.88 bits per heavy atom. The molecule has 0 aliphatic rings. The summed E-state index contributed by atoms with van der Waals surface area (Å²) in [6.07, 6.45) is 3.91. The zero-order valence-corrected chi connectivity index (χ0v) is 14.5. The van der Waals surface area contributed by atoms with Crippen LogP contribution in [0.1, 0.15) is 5.56 Å². The first-order valence-electron chi connectivity index (χ1n) is 7.92. The monoisotopic (exact) mass is 348 g/mol. The summed E-state index contributed by atoms with van der Waals surface area (Å²) in [5.41, 5.74) is 2.77. The van der Waals surface area contributed by atoms with E-state index in [1.165, 1.54) is 11.3 Å². The molecule has 25 heavy (non-hydrogen) atoms. The molecule has 0 saturated heterocycles. The number of nitrogens with zero attached hydrogens (tertiary/aromatic N) is 4. The third-order valence-electron chi connectivity index (χ3n) is 3.96. The van der Waals surface area contributed by atoms with Gasteiger partial charge in [0.15, 0.2) is 5.13 Å². The number of carbonyl (C=O) groups is 1. The molecule has 0 aliphatic carbocycles. The fourth-order valence-corrected chi connectivity index (χ4v) is 3.52. The van der Waals surface area contributed by atoms with Crippen LogP contribution in [0.2, 0.25) is 0 Å². The largest absolute Gasteiger partial charge is 0.291 e. The van der Waals surface area contributed by atoms with Gasteiger partial charge >= 0.3 is 0 Å². The second-order valence-electron chi connectivity index (χ2n) is 5.72. The Labute approximate surface area is 149 Å². The van der Waals surface area contributed by atoms with E-state index in [0.29, 0.717) is 11.6 Å². The predicted octanol–water partition coefficient (Wildman–Crippen LogP) is 3.69. The van der Waals surface area contributed by atoms with Crippen molar-refractivity contribution in [3.63, 3.8) is 0 Å². The van der Waals surface area contributed by atoms with Crippen molar-refractivity contribution in [3.8, 4) is 5.69 Å². The van der Waals surface area contributed by atoms with Crippen LogP contribution in [-0.4, -0.2) is 27.7 Å². The molecule has 2 aromatic heterocycles. The number of anilines is 1. The van der Waals surface area contributed by atoms with Gasteiger partial charge < -0.3 is 0 Å². The van der Waals surface area contributed by atoms with Crippen molar-refractivity contribution < 1.29 is 4.79 Å². The molecule has 0 spiro atoms.